The van der Waals surface area contributed by atoms with E-state index in [0.717, 1.165) is 28.0 Å². The van der Waals surface area contributed by atoms with Gasteiger partial charge in [0.25, 0.3) is 11.8 Å². The van der Waals surface area contributed by atoms with Crippen molar-refractivity contribution in [2.24, 2.45) is 0 Å². The Morgan fingerprint density at radius 1 is 0.967 bits per heavy atom. The van der Waals surface area contributed by atoms with Gasteiger partial charge in [-0.15, -0.1) is 0 Å². The minimum absolute atomic E-state index is 0.106. The average molecular weight is 471 g/mol. The number of urea groups is 1. The number of rotatable bonds is 8. The van der Waals surface area contributed by atoms with E-state index in [-0.39, 0.29) is 5.57 Å². The summed E-state index contributed by atoms with van der Waals surface area (Å²) in [6.45, 7) is 2.82. The SMILES string of the molecule is CCCCCCOc1ccc(/C=C2\C(=O)NC(=O)N(c3ccc(Br)cc3)C2=O)cc1. The normalized spacial score (nSPS) is 15.5. The Labute approximate surface area is 184 Å². The van der Waals surface area contributed by atoms with E-state index in [9.17, 15) is 14.4 Å². The first-order valence-electron chi connectivity index (χ1n) is 9.89. The smallest absolute Gasteiger partial charge is 0.335 e. The molecule has 0 spiro atoms. The summed E-state index contributed by atoms with van der Waals surface area (Å²) in [4.78, 5) is 38.3. The van der Waals surface area contributed by atoms with Gasteiger partial charge in [-0.25, -0.2) is 9.69 Å². The highest BCUT2D eigenvalue weighted by Crippen LogP contribution is 2.24. The number of hydrogen-bond donors (Lipinski definition) is 1. The van der Waals surface area contributed by atoms with Crippen LogP contribution in [0.15, 0.2) is 58.6 Å². The molecule has 4 amide bonds. The van der Waals surface area contributed by atoms with Gasteiger partial charge in [0.1, 0.15) is 11.3 Å². The van der Waals surface area contributed by atoms with E-state index >= 15 is 0 Å². The molecule has 0 aliphatic carbocycles. The molecule has 1 heterocycles. The van der Waals surface area contributed by atoms with Gasteiger partial charge in [-0.05, 0) is 54.5 Å². The lowest BCUT2D eigenvalue weighted by Crippen LogP contribution is -2.54. The first kappa shape index (κ1) is 21.8. The number of barbiturate groups is 1. The molecule has 2 aromatic rings. The maximum Gasteiger partial charge on any atom is 0.335 e. The number of nitrogens with zero attached hydrogens (tertiary/aromatic N) is 1. The molecule has 1 saturated heterocycles. The number of benzene rings is 2. The number of halogens is 1. The molecule has 0 radical (unpaired) electrons. The number of carbonyl (C=O) groups is 3. The Morgan fingerprint density at radius 3 is 2.33 bits per heavy atom. The molecule has 6 nitrogen and oxygen atoms in total. The van der Waals surface area contributed by atoms with Gasteiger partial charge in [-0.3, -0.25) is 14.9 Å². The molecular weight excluding hydrogens is 448 g/mol. The number of carbonyl (C=O) groups excluding carboxylic acids is 3. The van der Waals surface area contributed by atoms with E-state index in [4.69, 9.17) is 4.74 Å². The van der Waals surface area contributed by atoms with Gasteiger partial charge in [0, 0.05) is 4.47 Å². The number of unbranched alkanes of at least 4 members (excludes halogenated alkanes) is 3. The van der Waals surface area contributed by atoms with Crippen LogP contribution in [0.3, 0.4) is 0 Å². The van der Waals surface area contributed by atoms with Crippen molar-refractivity contribution in [3.8, 4) is 5.75 Å². The van der Waals surface area contributed by atoms with Crippen molar-refractivity contribution in [1.82, 2.24) is 5.32 Å². The summed E-state index contributed by atoms with van der Waals surface area (Å²) >= 11 is 3.32. The van der Waals surface area contributed by atoms with Crippen LogP contribution in [0.4, 0.5) is 10.5 Å². The van der Waals surface area contributed by atoms with Crippen LogP contribution in [-0.2, 0) is 9.59 Å². The zero-order valence-electron chi connectivity index (χ0n) is 16.7. The van der Waals surface area contributed by atoms with Crippen molar-refractivity contribution in [2.45, 2.75) is 32.6 Å². The third kappa shape index (κ3) is 5.36. The molecular formula is C23H23BrN2O4. The molecule has 0 saturated carbocycles. The standard InChI is InChI=1S/C23H23BrN2O4/c1-2-3-4-5-14-30-19-12-6-16(7-13-19)15-20-21(27)25-23(29)26(22(20)28)18-10-8-17(24)9-11-18/h6-13,15H,2-5,14H2,1H3,(H,25,27,29)/b20-15+. The summed E-state index contributed by atoms with van der Waals surface area (Å²) in [5.41, 5.74) is 0.939. The van der Waals surface area contributed by atoms with Crippen molar-refractivity contribution in [3.05, 3.63) is 64.1 Å². The molecule has 30 heavy (non-hydrogen) atoms. The van der Waals surface area contributed by atoms with Crippen molar-refractivity contribution >= 4 is 45.5 Å². The molecule has 0 atom stereocenters. The second kappa shape index (κ2) is 10.2. The number of anilines is 1. The fourth-order valence-electron chi connectivity index (χ4n) is 3.03. The quantitative estimate of drug-likeness (QED) is 0.331. The van der Waals surface area contributed by atoms with Crippen molar-refractivity contribution in [2.75, 3.05) is 11.5 Å². The predicted molar refractivity (Wildman–Crippen MR) is 119 cm³/mol. The van der Waals surface area contributed by atoms with Crippen LogP contribution in [0.5, 0.6) is 5.75 Å². The predicted octanol–water partition coefficient (Wildman–Crippen LogP) is 5.07. The third-order valence-electron chi connectivity index (χ3n) is 4.64. The molecule has 3 rings (SSSR count). The van der Waals surface area contributed by atoms with Crippen LogP contribution in [0, 0.1) is 0 Å². The molecule has 1 fully saturated rings. The minimum atomic E-state index is -0.767. The average Bonchev–Trinajstić information content (AvgIpc) is 2.73. The highest BCUT2D eigenvalue weighted by atomic mass is 79.9. The van der Waals surface area contributed by atoms with Crippen LogP contribution >= 0.6 is 15.9 Å². The van der Waals surface area contributed by atoms with E-state index in [2.05, 4.69) is 28.2 Å². The van der Waals surface area contributed by atoms with E-state index in [1.165, 1.54) is 18.9 Å². The molecule has 1 aliphatic rings. The van der Waals surface area contributed by atoms with Crippen LogP contribution in [0.1, 0.15) is 38.2 Å². The summed E-state index contributed by atoms with van der Waals surface area (Å²) in [6.07, 6.45) is 6.01. The van der Waals surface area contributed by atoms with Crippen molar-refractivity contribution in [1.29, 1.82) is 0 Å². The van der Waals surface area contributed by atoms with Crippen molar-refractivity contribution in [3.63, 3.8) is 0 Å². The molecule has 0 bridgehead atoms. The van der Waals surface area contributed by atoms with Crippen LogP contribution < -0.4 is 15.0 Å². The first-order valence-corrected chi connectivity index (χ1v) is 10.7. The van der Waals surface area contributed by atoms with Gasteiger partial charge in [0.05, 0.1) is 12.3 Å². The zero-order chi connectivity index (χ0) is 21.5. The number of ether oxygens (including phenoxy) is 1. The first-order chi connectivity index (χ1) is 14.5. The van der Waals surface area contributed by atoms with Gasteiger partial charge < -0.3 is 4.74 Å². The topological polar surface area (TPSA) is 75.7 Å². The van der Waals surface area contributed by atoms with E-state index in [1.54, 1.807) is 48.5 Å². The van der Waals surface area contributed by atoms with E-state index in [1.807, 2.05) is 0 Å². The van der Waals surface area contributed by atoms with Gasteiger partial charge in [0.2, 0.25) is 0 Å². The molecule has 1 N–H and O–H groups in total. The number of imide groups is 2. The zero-order valence-corrected chi connectivity index (χ0v) is 18.3. The highest BCUT2D eigenvalue weighted by molar-refractivity contribution is 9.10. The molecule has 2 aromatic carbocycles. The summed E-state index contributed by atoms with van der Waals surface area (Å²) in [5.74, 6) is -0.642. The number of amides is 4. The van der Waals surface area contributed by atoms with E-state index < -0.39 is 17.8 Å². The van der Waals surface area contributed by atoms with Gasteiger partial charge in [-0.2, -0.15) is 0 Å². The Kier molecular flexibility index (Phi) is 7.41. The lowest BCUT2D eigenvalue weighted by molar-refractivity contribution is -0.122. The Bertz CT molecular complexity index is 952. The summed E-state index contributed by atoms with van der Waals surface area (Å²) in [7, 11) is 0. The molecule has 1 aliphatic heterocycles. The maximum atomic E-state index is 12.9. The minimum Gasteiger partial charge on any atom is -0.494 e. The van der Waals surface area contributed by atoms with Crippen LogP contribution in [0.25, 0.3) is 6.08 Å². The lowest BCUT2D eigenvalue weighted by Gasteiger charge is -2.26. The van der Waals surface area contributed by atoms with E-state index in [0.29, 0.717) is 17.9 Å². The fraction of sp³-hybridized carbons (Fsp3) is 0.261. The molecule has 156 valence electrons. The Hall–Kier alpha value is -2.93. The fourth-order valence-corrected chi connectivity index (χ4v) is 3.29. The Balaban J connectivity index is 1.73. The van der Waals surface area contributed by atoms with Crippen molar-refractivity contribution < 1.29 is 19.1 Å². The van der Waals surface area contributed by atoms with Gasteiger partial charge >= 0.3 is 6.03 Å². The third-order valence-corrected chi connectivity index (χ3v) is 5.17. The van der Waals surface area contributed by atoms with Gasteiger partial charge in [-0.1, -0.05) is 54.2 Å². The second-order valence-electron chi connectivity index (χ2n) is 6.91. The summed E-state index contributed by atoms with van der Waals surface area (Å²) in [5, 5.41) is 2.22. The number of hydrogen-bond acceptors (Lipinski definition) is 4. The summed E-state index contributed by atoms with van der Waals surface area (Å²) < 4.78 is 6.53. The van der Waals surface area contributed by atoms with Gasteiger partial charge in [0.15, 0.2) is 0 Å². The maximum absolute atomic E-state index is 12.9. The second-order valence-corrected chi connectivity index (χ2v) is 7.83. The lowest BCUT2D eigenvalue weighted by atomic mass is 10.1. The monoisotopic (exact) mass is 470 g/mol. The summed E-state index contributed by atoms with van der Waals surface area (Å²) in [6, 6.07) is 13.1. The number of nitrogens with one attached hydrogen (secondary N) is 1. The molecule has 0 unspecified atom stereocenters. The Morgan fingerprint density at radius 2 is 1.67 bits per heavy atom. The highest BCUT2D eigenvalue weighted by Gasteiger charge is 2.36. The molecule has 0 aromatic heterocycles. The largest absolute Gasteiger partial charge is 0.494 e. The van der Waals surface area contributed by atoms with Crippen LogP contribution in [0.2, 0.25) is 0 Å². The van der Waals surface area contributed by atoms with Crippen LogP contribution in [-0.4, -0.2) is 24.5 Å². The molecule has 7 heteroatoms.